The minimum Gasteiger partial charge on any atom is -0.357 e. The molecule has 204 valence electrons. The Labute approximate surface area is 231 Å². The Kier molecular flexibility index (Phi) is 7.10. The molecule has 2 heterocycles. The lowest BCUT2D eigenvalue weighted by Gasteiger charge is -2.38. The van der Waals surface area contributed by atoms with Crippen LogP contribution in [0.1, 0.15) is 70.3 Å². The molecule has 1 aliphatic carbocycles. The SMILES string of the molecule is CC1(C)CC(=O)C2=C(C1)Nc1ccccc1N(CC(=O)NCCc1cnc[nH]1)C2c1ccc(C(C)(C)C)cc1. The molecular weight excluding hydrogens is 486 g/mol. The van der Waals surface area contributed by atoms with Gasteiger partial charge in [-0.15, -0.1) is 0 Å². The van der Waals surface area contributed by atoms with Gasteiger partial charge in [-0.05, 0) is 40.5 Å². The number of benzene rings is 2. The first-order valence-electron chi connectivity index (χ1n) is 13.8. The average molecular weight is 526 g/mol. The number of carbonyl (C=O) groups is 2. The molecule has 1 amide bonds. The number of allylic oxidation sites excluding steroid dienone is 1. The first kappa shape index (κ1) is 26.7. The van der Waals surface area contributed by atoms with Crippen molar-refractivity contribution in [2.45, 2.75) is 65.3 Å². The Hall–Kier alpha value is -3.87. The maximum Gasteiger partial charge on any atom is 0.239 e. The molecule has 2 aromatic carbocycles. The van der Waals surface area contributed by atoms with Crippen LogP contribution in [0.3, 0.4) is 0 Å². The van der Waals surface area contributed by atoms with Gasteiger partial charge in [0.05, 0.1) is 30.3 Å². The van der Waals surface area contributed by atoms with Crippen molar-refractivity contribution in [2.75, 3.05) is 23.3 Å². The van der Waals surface area contributed by atoms with Gasteiger partial charge in [0.2, 0.25) is 5.91 Å². The third kappa shape index (κ3) is 5.77. The summed E-state index contributed by atoms with van der Waals surface area (Å²) in [4.78, 5) is 36.4. The van der Waals surface area contributed by atoms with E-state index in [9.17, 15) is 9.59 Å². The van der Waals surface area contributed by atoms with E-state index in [1.54, 1.807) is 12.5 Å². The summed E-state index contributed by atoms with van der Waals surface area (Å²) >= 11 is 0. The zero-order valence-electron chi connectivity index (χ0n) is 23.6. The minimum atomic E-state index is -0.382. The number of amides is 1. The van der Waals surface area contributed by atoms with Crippen LogP contribution in [0.25, 0.3) is 0 Å². The molecule has 2 aliphatic rings. The van der Waals surface area contributed by atoms with Gasteiger partial charge in [0.15, 0.2) is 5.78 Å². The highest BCUT2D eigenvalue weighted by molar-refractivity contribution is 6.01. The Bertz CT molecular complexity index is 1380. The van der Waals surface area contributed by atoms with E-state index in [2.05, 4.69) is 84.4 Å². The normalized spacial score (nSPS) is 18.6. The van der Waals surface area contributed by atoms with Gasteiger partial charge in [-0.3, -0.25) is 9.59 Å². The molecule has 0 saturated carbocycles. The van der Waals surface area contributed by atoms with Gasteiger partial charge in [0.25, 0.3) is 0 Å². The van der Waals surface area contributed by atoms with Crippen molar-refractivity contribution in [1.82, 2.24) is 15.3 Å². The molecule has 39 heavy (non-hydrogen) atoms. The van der Waals surface area contributed by atoms with Crippen LogP contribution < -0.4 is 15.5 Å². The fourth-order valence-electron chi connectivity index (χ4n) is 5.71. The first-order chi connectivity index (χ1) is 18.5. The van der Waals surface area contributed by atoms with Crippen LogP contribution in [0.2, 0.25) is 0 Å². The van der Waals surface area contributed by atoms with Gasteiger partial charge in [0, 0.05) is 42.5 Å². The van der Waals surface area contributed by atoms with Crippen molar-refractivity contribution in [1.29, 1.82) is 0 Å². The van der Waals surface area contributed by atoms with Crippen LogP contribution in [-0.2, 0) is 21.4 Å². The highest BCUT2D eigenvalue weighted by Gasteiger charge is 2.42. The van der Waals surface area contributed by atoms with Gasteiger partial charge in [0.1, 0.15) is 0 Å². The van der Waals surface area contributed by atoms with Gasteiger partial charge < -0.3 is 20.5 Å². The van der Waals surface area contributed by atoms with Crippen LogP contribution in [0.5, 0.6) is 0 Å². The number of carbonyl (C=O) groups excluding carboxylic acids is 2. The Morgan fingerprint density at radius 3 is 2.54 bits per heavy atom. The fraction of sp³-hybridized carbons (Fsp3) is 0.406. The predicted octanol–water partition coefficient (Wildman–Crippen LogP) is 5.68. The van der Waals surface area contributed by atoms with Gasteiger partial charge in [-0.1, -0.05) is 71.0 Å². The number of nitrogens with one attached hydrogen (secondary N) is 3. The van der Waals surface area contributed by atoms with E-state index in [1.807, 2.05) is 24.3 Å². The largest absolute Gasteiger partial charge is 0.357 e. The second-order valence-electron chi connectivity index (χ2n) is 12.6. The molecule has 5 rings (SSSR count). The standard InChI is InChI=1S/C32H39N5O2/c1-31(2,3)22-12-10-21(11-13-22)30-29-25(16-32(4,5)17-27(29)38)36-24-8-6-7-9-26(24)37(30)19-28(39)34-15-14-23-18-33-20-35-23/h6-13,18,20,30,36H,14-17,19H2,1-5H3,(H,33,35)(H,34,39). The summed E-state index contributed by atoms with van der Waals surface area (Å²) in [7, 11) is 0. The number of Topliss-reactive ketones (excluding diaryl/α,β-unsaturated/α-hetero) is 1. The summed E-state index contributed by atoms with van der Waals surface area (Å²) in [5, 5.41) is 6.69. The summed E-state index contributed by atoms with van der Waals surface area (Å²) in [6.07, 6.45) is 5.32. The zero-order valence-corrected chi connectivity index (χ0v) is 23.6. The number of aromatic nitrogens is 2. The van der Waals surface area contributed by atoms with Crippen LogP contribution in [-0.4, -0.2) is 34.7 Å². The number of hydrogen-bond donors (Lipinski definition) is 3. The molecule has 0 spiro atoms. The van der Waals surface area contributed by atoms with E-state index in [1.165, 1.54) is 5.56 Å². The number of aromatic amines is 1. The number of imidazole rings is 1. The molecule has 1 atom stereocenters. The van der Waals surface area contributed by atoms with Crippen molar-refractivity contribution < 1.29 is 9.59 Å². The van der Waals surface area contributed by atoms with Crippen LogP contribution in [0.15, 0.2) is 72.3 Å². The smallest absolute Gasteiger partial charge is 0.239 e. The average Bonchev–Trinajstić information content (AvgIpc) is 3.34. The number of hydrogen-bond acceptors (Lipinski definition) is 5. The second kappa shape index (κ2) is 10.4. The van der Waals surface area contributed by atoms with E-state index in [0.717, 1.165) is 40.3 Å². The molecule has 3 N–H and O–H groups in total. The van der Waals surface area contributed by atoms with E-state index < -0.39 is 0 Å². The number of H-pyrrole nitrogens is 1. The lowest BCUT2D eigenvalue weighted by molar-refractivity contribution is -0.120. The lowest BCUT2D eigenvalue weighted by Crippen LogP contribution is -2.42. The van der Waals surface area contributed by atoms with Gasteiger partial charge in [-0.25, -0.2) is 4.98 Å². The van der Waals surface area contributed by atoms with E-state index in [4.69, 9.17) is 0 Å². The van der Waals surface area contributed by atoms with Crippen LogP contribution in [0.4, 0.5) is 11.4 Å². The molecule has 0 radical (unpaired) electrons. The molecule has 3 aromatic rings. The quantitative estimate of drug-likeness (QED) is 0.385. The van der Waals surface area contributed by atoms with Crippen molar-refractivity contribution in [3.05, 3.63) is 89.1 Å². The molecule has 7 heteroatoms. The third-order valence-corrected chi connectivity index (χ3v) is 7.68. The minimum absolute atomic E-state index is 0.0134. The predicted molar refractivity (Wildman–Crippen MR) is 156 cm³/mol. The second-order valence-corrected chi connectivity index (χ2v) is 12.6. The number of rotatable bonds is 6. The highest BCUT2D eigenvalue weighted by Crippen LogP contribution is 2.48. The zero-order chi connectivity index (χ0) is 27.8. The van der Waals surface area contributed by atoms with Gasteiger partial charge >= 0.3 is 0 Å². The summed E-state index contributed by atoms with van der Waals surface area (Å²) in [5.74, 6) is 0.0457. The topological polar surface area (TPSA) is 90.1 Å². The number of fused-ring (bicyclic) bond motifs is 1. The Balaban J connectivity index is 1.56. The van der Waals surface area contributed by atoms with Crippen molar-refractivity contribution in [2.24, 2.45) is 5.41 Å². The monoisotopic (exact) mass is 525 g/mol. The highest BCUT2D eigenvalue weighted by atomic mass is 16.2. The van der Waals surface area contributed by atoms with Gasteiger partial charge in [-0.2, -0.15) is 0 Å². The summed E-state index contributed by atoms with van der Waals surface area (Å²) < 4.78 is 0. The van der Waals surface area contributed by atoms with E-state index >= 15 is 0 Å². The van der Waals surface area contributed by atoms with E-state index in [0.29, 0.717) is 19.4 Å². The maximum atomic E-state index is 13.9. The molecule has 7 nitrogen and oxygen atoms in total. The lowest BCUT2D eigenvalue weighted by atomic mass is 9.73. The Morgan fingerprint density at radius 1 is 1.10 bits per heavy atom. The fourth-order valence-corrected chi connectivity index (χ4v) is 5.71. The van der Waals surface area contributed by atoms with Crippen LogP contribution >= 0.6 is 0 Å². The molecule has 1 aromatic heterocycles. The molecule has 0 bridgehead atoms. The number of ketones is 1. The summed E-state index contributed by atoms with van der Waals surface area (Å²) in [5.41, 5.74) is 6.62. The maximum absolute atomic E-state index is 13.9. The first-order valence-corrected chi connectivity index (χ1v) is 13.8. The number of nitrogens with zero attached hydrogens (tertiary/aromatic N) is 2. The number of anilines is 2. The van der Waals surface area contributed by atoms with Crippen molar-refractivity contribution >= 4 is 23.1 Å². The molecule has 1 unspecified atom stereocenters. The summed E-state index contributed by atoms with van der Waals surface area (Å²) in [6.45, 7) is 11.5. The molecule has 0 fully saturated rings. The Morgan fingerprint density at radius 2 is 1.85 bits per heavy atom. The molecule has 0 saturated heterocycles. The van der Waals surface area contributed by atoms with Crippen molar-refractivity contribution in [3.8, 4) is 0 Å². The van der Waals surface area contributed by atoms with Crippen LogP contribution in [0, 0.1) is 5.41 Å². The third-order valence-electron chi connectivity index (χ3n) is 7.68. The molecular formula is C32H39N5O2. The molecule has 1 aliphatic heterocycles. The summed E-state index contributed by atoms with van der Waals surface area (Å²) in [6, 6.07) is 16.2. The number of para-hydroxylation sites is 2. The van der Waals surface area contributed by atoms with E-state index in [-0.39, 0.29) is 35.1 Å². The van der Waals surface area contributed by atoms with Crippen molar-refractivity contribution in [3.63, 3.8) is 0 Å².